The van der Waals surface area contributed by atoms with Crippen molar-refractivity contribution in [3.05, 3.63) is 89.0 Å². The fourth-order valence-electron chi connectivity index (χ4n) is 3.78. The normalized spacial score (nSPS) is 17.5. The molecule has 1 fully saturated rings. The lowest BCUT2D eigenvalue weighted by Crippen LogP contribution is -2.35. The topological polar surface area (TPSA) is 82.9 Å². The number of benzene rings is 2. The molecule has 2 aromatic carbocycles. The van der Waals surface area contributed by atoms with Crippen LogP contribution in [0.4, 0.5) is 15.8 Å². The molecule has 3 heterocycles. The Bertz CT molecular complexity index is 1350. The Morgan fingerprint density at radius 3 is 2.50 bits per heavy atom. The van der Waals surface area contributed by atoms with E-state index >= 15 is 0 Å². The van der Waals surface area contributed by atoms with Gasteiger partial charge in [-0.1, -0.05) is 42.2 Å². The van der Waals surface area contributed by atoms with Crippen LogP contribution in [0.2, 0.25) is 0 Å². The van der Waals surface area contributed by atoms with Gasteiger partial charge in [0.05, 0.1) is 29.0 Å². The second kappa shape index (κ2) is 8.88. The van der Waals surface area contributed by atoms with Crippen LogP contribution < -0.4 is 10.2 Å². The number of hydrogen-bond acceptors (Lipinski definition) is 6. The molecule has 7 nitrogen and oxygen atoms in total. The van der Waals surface area contributed by atoms with E-state index < -0.39 is 17.6 Å². The number of nitrogens with zero attached hydrogens (tertiary/aromatic N) is 2. The van der Waals surface area contributed by atoms with Crippen molar-refractivity contribution in [2.24, 2.45) is 0 Å². The summed E-state index contributed by atoms with van der Waals surface area (Å²) in [4.78, 5) is 42.3. The maximum atomic E-state index is 13.5. The van der Waals surface area contributed by atoms with E-state index in [9.17, 15) is 18.8 Å². The van der Waals surface area contributed by atoms with Crippen LogP contribution in [0.3, 0.4) is 0 Å². The Morgan fingerprint density at radius 1 is 1.00 bits per heavy atom. The molecule has 0 atom stereocenters. The second-order valence-corrected chi connectivity index (χ2v) is 9.15. The molecule has 5 rings (SSSR count). The summed E-state index contributed by atoms with van der Waals surface area (Å²) in [5.41, 5.74) is 1.70. The Hall–Kier alpha value is -3.76. The van der Waals surface area contributed by atoms with Crippen LogP contribution in [0.5, 0.6) is 0 Å². The highest BCUT2D eigenvalue weighted by Gasteiger charge is 2.42. The molecule has 1 N–H and O–H groups in total. The maximum absolute atomic E-state index is 13.5. The molecule has 2 aliphatic rings. The van der Waals surface area contributed by atoms with Crippen LogP contribution in [-0.2, 0) is 20.9 Å². The number of carbonyl (C=O) groups excluding carboxylic acids is 3. The number of halogens is 1. The molecule has 0 bridgehead atoms. The molecule has 1 saturated heterocycles. The van der Waals surface area contributed by atoms with Crippen molar-refractivity contribution in [1.82, 2.24) is 4.90 Å². The molecule has 0 aliphatic carbocycles. The summed E-state index contributed by atoms with van der Waals surface area (Å²) < 4.78 is 18.8. The number of amides is 3. The highest BCUT2D eigenvalue weighted by molar-refractivity contribution is 8.26. The zero-order valence-corrected chi connectivity index (χ0v) is 19.1. The lowest BCUT2D eigenvalue weighted by atomic mass is 10.1. The molecule has 170 valence electrons. The standard InChI is InChI=1S/C24H16FN3O4S2/c25-14-7-9-15(10-8-14)26-19(29)13-27-18-6-2-1-5-17(18)20(22(27)30)21-23(31)28(24(33)34-21)12-16-4-3-11-32-16/h1-11H,12-13H2,(H,26,29). The molecule has 34 heavy (non-hydrogen) atoms. The van der Waals surface area contributed by atoms with Crippen molar-refractivity contribution < 1.29 is 23.2 Å². The van der Waals surface area contributed by atoms with Crippen LogP contribution in [0.15, 0.2) is 76.2 Å². The Labute approximate surface area is 203 Å². The van der Waals surface area contributed by atoms with Gasteiger partial charge >= 0.3 is 0 Å². The van der Waals surface area contributed by atoms with Gasteiger partial charge in [0.25, 0.3) is 11.8 Å². The molecule has 3 aromatic rings. The van der Waals surface area contributed by atoms with Gasteiger partial charge in [0.2, 0.25) is 5.91 Å². The monoisotopic (exact) mass is 493 g/mol. The largest absolute Gasteiger partial charge is 0.467 e. The van der Waals surface area contributed by atoms with Gasteiger partial charge in [-0.05, 0) is 42.5 Å². The molecule has 10 heteroatoms. The van der Waals surface area contributed by atoms with Crippen molar-refractivity contribution in [3.8, 4) is 0 Å². The van der Waals surface area contributed by atoms with Crippen LogP contribution in [0, 0.1) is 5.82 Å². The Kier molecular flexibility index (Phi) is 5.76. The predicted molar refractivity (Wildman–Crippen MR) is 130 cm³/mol. The number of para-hydroxylation sites is 1. The van der Waals surface area contributed by atoms with Crippen molar-refractivity contribution in [2.75, 3.05) is 16.8 Å². The number of hydrogen-bond donors (Lipinski definition) is 1. The van der Waals surface area contributed by atoms with Gasteiger partial charge in [-0.3, -0.25) is 24.2 Å². The van der Waals surface area contributed by atoms with E-state index in [0.717, 1.165) is 11.8 Å². The predicted octanol–water partition coefficient (Wildman–Crippen LogP) is 4.18. The third kappa shape index (κ3) is 4.02. The number of furan rings is 1. The molecular formula is C24H16FN3O4S2. The molecule has 0 spiro atoms. The first kappa shape index (κ1) is 22.1. The first-order valence-corrected chi connectivity index (χ1v) is 11.4. The lowest BCUT2D eigenvalue weighted by molar-refractivity contribution is -0.123. The minimum absolute atomic E-state index is 0.161. The summed E-state index contributed by atoms with van der Waals surface area (Å²) in [7, 11) is 0. The minimum Gasteiger partial charge on any atom is -0.467 e. The second-order valence-electron chi connectivity index (χ2n) is 7.51. The third-order valence-electron chi connectivity index (χ3n) is 5.32. The van der Waals surface area contributed by atoms with Gasteiger partial charge in [0, 0.05) is 11.3 Å². The SMILES string of the molecule is O=C(CN1C(=O)C(=C2SC(=S)N(Cc3ccco3)C2=O)c2ccccc21)Nc1ccc(F)cc1. The molecule has 0 saturated carbocycles. The minimum atomic E-state index is -0.464. The van der Waals surface area contributed by atoms with E-state index in [2.05, 4.69) is 5.32 Å². The van der Waals surface area contributed by atoms with Gasteiger partial charge in [-0.25, -0.2) is 4.39 Å². The van der Waals surface area contributed by atoms with Crippen LogP contribution in [0.1, 0.15) is 11.3 Å². The van der Waals surface area contributed by atoms with Crippen LogP contribution in [-0.4, -0.2) is 33.5 Å². The van der Waals surface area contributed by atoms with Gasteiger partial charge in [0.1, 0.15) is 22.4 Å². The highest BCUT2D eigenvalue weighted by Crippen LogP contribution is 2.44. The van der Waals surface area contributed by atoms with Crippen molar-refractivity contribution >= 4 is 63.0 Å². The number of rotatable bonds is 5. The van der Waals surface area contributed by atoms with Crippen molar-refractivity contribution in [3.63, 3.8) is 0 Å². The molecule has 3 amide bonds. The number of carbonyl (C=O) groups is 3. The maximum Gasteiger partial charge on any atom is 0.267 e. The fraction of sp³-hybridized carbons (Fsp3) is 0.0833. The summed E-state index contributed by atoms with van der Waals surface area (Å²) in [5.74, 6) is -1.16. The first-order chi connectivity index (χ1) is 16.4. The zero-order chi connectivity index (χ0) is 23.8. The number of nitrogens with one attached hydrogen (secondary N) is 1. The smallest absolute Gasteiger partial charge is 0.267 e. The van der Waals surface area contributed by atoms with E-state index in [1.54, 1.807) is 36.4 Å². The summed E-state index contributed by atoms with van der Waals surface area (Å²) >= 11 is 6.45. The average Bonchev–Trinajstić information content (AvgIpc) is 3.50. The van der Waals surface area contributed by atoms with Crippen molar-refractivity contribution in [1.29, 1.82) is 0 Å². The summed E-state index contributed by atoms with van der Waals surface area (Å²) in [6, 6.07) is 15.8. The summed E-state index contributed by atoms with van der Waals surface area (Å²) in [6.45, 7) is -0.114. The Balaban J connectivity index is 1.43. The van der Waals surface area contributed by atoms with E-state index in [-0.39, 0.29) is 29.5 Å². The number of thiocarbonyl (C=S) groups is 1. The molecule has 0 unspecified atom stereocenters. The number of fused-ring (bicyclic) bond motifs is 1. The van der Waals surface area contributed by atoms with Gasteiger partial charge in [0.15, 0.2) is 0 Å². The summed E-state index contributed by atoms with van der Waals surface area (Å²) in [6.07, 6.45) is 1.51. The van der Waals surface area contributed by atoms with E-state index in [1.807, 2.05) is 0 Å². The van der Waals surface area contributed by atoms with Crippen LogP contribution >= 0.6 is 24.0 Å². The fourth-order valence-corrected chi connectivity index (χ4v) is 5.10. The zero-order valence-electron chi connectivity index (χ0n) is 17.5. The van der Waals surface area contributed by atoms with E-state index in [1.165, 1.54) is 40.3 Å². The third-order valence-corrected chi connectivity index (χ3v) is 6.77. The molecule has 2 aliphatic heterocycles. The molecule has 0 radical (unpaired) electrons. The van der Waals surface area contributed by atoms with E-state index in [4.69, 9.17) is 16.6 Å². The van der Waals surface area contributed by atoms with Crippen molar-refractivity contribution in [2.45, 2.75) is 6.54 Å². The quantitative estimate of drug-likeness (QED) is 0.424. The lowest BCUT2D eigenvalue weighted by Gasteiger charge is -2.16. The molecule has 1 aromatic heterocycles. The van der Waals surface area contributed by atoms with Gasteiger partial charge < -0.3 is 9.73 Å². The summed E-state index contributed by atoms with van der Waals surface area (Å²) in [5, 5.41) is 2.65. The molecular weight excluding hydrogens is 477 g/mol. The average molecular weight is 494 g/mol. The van der Waals surface area contributed by atoms with Gasteiger partial charge in [-0.2, -0.15) is 0 Å². The Morgan fingerprint density at radius 2 is 1.76 bits per heavy atom. The number of thioether (sulfide) groups is 1. The van der Waals surface area contributed by atoms with Gasteiger partial charge in [-0.15, -0.1) is 0 Å². The number of anilines is 2. The van der Waals surface area contributed by atoms with E-state index in [0.29, 0.717) is 27.0 Å². The van der Waals surface area contributed by atoms with Crippen LogP contribution in [0.25, 0.3) is 5.57 Å². The highest BCUT2D eigenvalue weighted by atomic mass is 32.2. The first-order valence-electron chi connectivity index (χ1n) is 10.2.